The highest BCUT2D eigenvalue weighted by Crippen LogP contribution is 2.10. The number of hydrogen-bond donors (Lipinski definition) is 0. The number of carbonyl (C=O) groups excluding carboxylic acids is 2. The van der Waals surface area contributed by atoms with Crippen LogP contribution in [-0.4, -0.2) is 47.8 Å². The minimum Gasteiger partial charge on any atom is -0.339 e. The van der Waals surface area contributed by atoms with E-state index in [1.165, 1.54) is 12.8 Å². The number of unbranched alkanes of at least 4 members (excludes halogenated alkanes) is 1. The van der Waals surface area contributed by atoms with Gasteiger partial charge in [0.2, 0.25) is 11.8 Å². The molecule has 0 aromatic rings. The molecule has 0 unspecified atom stereocenters. The predicted octanol–water partition coefficient (Wildman–Crippen LogP) is 3.64. The maximum absolute atomic E-state index is 12.1. The number of nitrogens with zero attached hydrogens (tertiary/aromatic N) is 2. The average molecular weight is 322 g/mol. The maximum Gasteiger partial charge on any atom is 0.249 e. The van der Waals surface area contributed by atoms with Crippen LogP contribution in [0.1, 0.15) is 54.4 Å². The molecular formula is C19H34N2O2. The van der Waals surface area contributed by atoms with Crippen molar-refractivity contribution in [1.82, 2.24) is 9.80 Å². The zero-order valence-corrected chi connectivity index (χ0v) is 15.8. The Labute approximate surface area is 142 Å². The largest absolute Gasteiger partial charge is 0.339 e. The molecule has 0 aliphatic carbocycles. The molecule has 1 saturated heterocycles. The van der Waals surface area contributed by atoms with Crippen molar-refractivity contribution >= 4 is 11.8 Å². The van der Waals surface area contributed by atoms with Crippen molar-refractivity contribution in [3.63, 3.8) is 0 Å². The van der Waals surface area contributed by atoms with Crippen molar-refractivity contribution < 1.29 is 9.59 Å². The van der Waals surface area contributed by atoms with Gasteiger partial charge < -0.3 is 9.80 Å². The Balaban J connectivity index is 0.00000108. The summed E-state index contributed by atoms with van der Waals surface area (Å²) < 4.78 is 0. The van der Waals surface area contributed by atoms with Crippen molar-refractivity contribution in [3.8, 4) is 0 Å². The van der Waals surface area contributed by atoms with Gasteiger partial charge in [-0.3, -0.25) is 9.59 Å². The molecule has 0 N–H and O–H groups in total. The van der Waals surface area contributed by atoms with E-state index in [4.69, 9.17) is 0 Å². The molecule has 4 nitrogen and oxygen atoms in total. The molecule has 1 heterocycles. The van der Waals surface area contributed by atoms with Crippen LogP contribution in [-0.2, 0) is 9.59 Å². The van der Waals surface area contributed by atoms with E-state index in [0.29, 0.717) is 26.2 Å². The van der Waals surface area contributed by atoms with E-state index in [2.05, 4.69) is 13.8 Å². The third kappa shape index (κ3) is 8.00. The Kier molecular flexibility index (Phi) is 11.1. The van der Waals surface area contributed by atoms with Gasteiger partial charge in [-0.1, -0.05) is 58.8 Å². The molecule has 0 aromatic heterocycles. The van der Waals surface area contributed by atoms with Gasteiger partial charge in [-0.2, -0.15) is 0 Å². The first-order valence-corrected chi connectivity index (χ1v) is 8.76. The van der Waals surface area contributed by atoms with Crippen molar-refractivity contribution in [2.24, 2.45) is 5.92 Å². The zero-order valence-electron chi connectivity index (χ0n) is 15.8. The van der Waals surface area contributed by atoms with Gasteiger partial charge in [0.05, 0.1) is 0 Å². The highest BCUT2D eigenvalue weighted by atomic mass is 16.2. The molecule has 0 spiro atoms. The first kappa shape index (κ1) is 21.4. The second kappa shape index (κ2) is 11.9. The first-order valence-electron chi connectivity index (χ1n) is 8.76. The summed E-state index contributed by atoms with van der Waals surface area (Å²) in [6, 6.07) is 0. The van der Waals surface area contributed by atoms with Crippen LogP contribution in [0.25, 0.3) is 0 Å². The topological polar surface area (TPSA) is 40.6 Å². The number of carbonyl (C=O) groups is 2. The first-order chi connectivity index (χ1) is 10.9. The van der Waals surface area contributed by atoms with E-state index >= 15 is 0 Å². The molecule has 0 bridgehead atoms. The summed E-state index contributed by atoms with van der Waals surface area (Å²) in [5, 5.41) is 0. The fourth-order valence-corrected chi connectivity index (χ4v) is 2.06. The summed E-state index contributed by atoms with van der Waals surface area (Å²) in [6.45, 7) is 14.4. The highest BCUT2D eigenvalue weighted by Gasteiger charge is 2.25. The van der Waals surface area contributed by atoms with E-state index in [-0.39, 0.29) is 17.7 Å². The Morgan fingerprint density at radius 2 is 1.48 bits per heavy atom. The molecular weight excluding hydrogens is 288 g/mol. The van der Waals surface area contributed by atoms with Crippen LogP contribution in [0.15, 0.2) is 23.8 Å². The number of hydrogen-bond acceptors (Lipinski definition) is 2. The Morgan fingerprint density at radius 1 is 1.00 bits per heavy atom. The van der Waals surface area contributed by atoms with Gasteiger partial charge in [-0.05, 0) is 13.8 Å². The molecule has 1 fully saturated rings. The second-order valence-corrected chi connectivity index (χ2v) is 6.15. The van der Waals surface area contributed by atoms with Crippen LogP contribution >= 0.6 is 0 Å². The Hall–Kier alpha value is -1.58. The summed E-state index contributed by atoms with van der Waals surface area (Å²) in [5.74, 6) is 0.265. The van der Waals surface area contributed by atoms with Crippen molar-refractivity contribution in [2.75, 3.05) is 26.2 Å². The summed E-state index contributed by atoms with van der Waals surface area (Å²) in [6.07, 6.45) is 8.23. The van der Waals surface area contributed by atoms with E-state index in [1.54, 1.807) is 0 Å². The summed E-state index contributed by atoms with van der Waals surface area (Å²) in [7, 11) is 0. The standard InChI is InChI=1S/C15H24N2O2.C4H10/c1-5-6-7-13(4)15(19)17-10-8-16(9-11-17)14(18)12(2)3;1-3-4-2/h5-7,12H,8-11H2,1-4H3;3-4H2,1-2H3/b6-5-,13-7+;. The summed E-state index contributed by atoms with van der Waals surface area (Å²) in [4.78, 5) is 27.7. The summed E-state index contributed by atoms with van der Waals surface area (Å²) in [5.41, 5.74) is 0.738. The third-order valence-electron chi connectivity index (χ3n) is 3.75. The van der Waals surface area contributed by atoms with Gasteiger partial charge in [0.15, 0.2) is 0 Å². The van der Waals surface area contributed by atoms with Crippen LogP contribution in [0.5, 0.6) is 0 Å². The smallest absolute Gasteiger partial charge is 0.249 e. The molecule has 4 heteroatoms. The average Bonchev–Trinajstić information content (AvgIpc) is 2.58. The van der Waals surface area contributed by atoms with Crippen molar-refractivity contribution in [2.45, 2.75) is 54.4 Å². The highest BCUT2D eigenvalue weighted by molar-refractivity contribution is 5.93. The van der Waals surface area contributed by atoms with E-state index in [0.717, 1.165) is 5.57 Å². The summed E-state index contributed by atoms with van der Waals surface area (Å²) >= 11 is 0. The monoisotopic (exact) mass is 322 g/mol. The van der Waals surface area contributed by atoms with E-state index in [9.17, 15) is 9.59 Å². The molecule has 132 valence electrons. The van der Waals surface area contributed by atoms with Gasteiger partial charge in [0.25, 0.3) is 0 Å². The SMILES string of the molecule is C/C=C\C=C(/C)C(=O)N1CCN(C(=O)C(C)C)CC1.CCCC. The van der Waals surface area contributed by atoms with E-state index < -0.39 is 0 Å². The van der Waals surface area contributed by atoms with Gasteiger partial charge in [-0.25, -0.2) is 0 Å². The number of rotatable bonds is 4. The maximum atomic E-state index is 12.1. The molecule has 0 atom stereocenters. The molecule has 1 rings (SSSR count). The second-order valence-electron chi connectivity index (χ2n) is 6.15. The lowest BCUT2D eigenvalue weighted by Crippen LogP contribution is -2.51. The van der Waals surface area contributed by atoms with Crippen LogP contribution in [0.3, 0.4) is 0 Å². The normalized spacial score (nSPS) is 15.7. The zero-order chi connectivity index (χ0) is 17.8. The number of allylic oxidation sites excluding steroid dienone is 3. The fraction of sp³-hybridized carbons (Fsp3) is 0.684. The lowest BCUT2D eigenvalue weighted by atomic mass is 10.1. The Bertz CT molecular complexity index is 415. The molecule has 0 aromatic carbocycles. The number of piperazine rings is 1. The lowest BCUT2D eigenvalue weighted by Gasteiger charge is -2.35. The van der Waals surface area contributed by atoms with Crippen molar-refractivity contribution in [3.05, 3.63) is 23.8 Å². The molecule has 23 heavy (non-hydrogen) atoms. The fourth-order valence-electron chi connectivity index (χ4n) is 2.06. The lowest BCUT2D eigenvalue weighted by molar-refractivity contribution is -0.139. The number of amides is 2. The molecule has 2 amide bonds. The molecule has 1 aliphatic rings. The van der Waals surface area contributed by atoms with Crippen LogP contribution < -0.4 is 0 Å². The van der Waals surface area contributed by atoms with Crippen molar-refractivity contribution in [1.29, 1.82) is 0 Å². The van der Waals surface area contributed by atoms with Gasteiger partial charge in [-0.15, -0.1) is 0 Å². The van der Waals surface area contributed by atoms with Gasteiger partial charge >= 0.3 is 0 Å². The quantitative estimate of drug-likeness (QED) is 0.585. The predicted molar refractivity (Wildman–Crippen MR) is 97.2 cm³/mol. The molecule has 0 saturated carbocycles. The van der Waals surface area contributed by atoms with Crippen LogP contribution in [0.2, 0.25) is 0 Å². The molecule has 0 radical (unpaired) electrons. The third-order valence-corrected chi connectivity index (χ3v) is 3.75. The van der Waals surface area contributed by atoms with Crippen LogP contribution in [0, 0.1) is 5.92 Å². The van der Waals surface area contributed by atoms with E-state index in [1.807, 2.05) is 55.7 Å². The van der Waals surface area contributed by atoms with Crippen LogP contribution in [0.4, 0.5) is 0 Å². The minimum absolute atomic E-state index is 0.0265. The minimum atomic E-state index is 0.0265. The molecule has 1 aliphatic heterocycles. The Morgan fingerprint density at radius 3 is 1.87 bits per heavy atom. The van der Waals surface area contributed by atoms with Gasteiger partial charge in [0.1, 0.15) is 0 Å². The van der Waals surface area contributed by atoms with Gasteiger partial charge in [0, 0.05) is 37.7 Å².